The highest BCUT2D eigenvalue weighted by Gasteiger charge is 2.10. The maximum atomic E-state index is 4.58. The fourth-order valence-electron chi connectivity index (χ4n) is 3.47. The highest BCUT2D eigenvalue weighted by molar-refractivity contribution is 5.86. The SMILES string of the molecule is C[C@@H](CCc1cnc2ccccc2c1)c1cccc2ccccc12. The fourth-order valence-corrected chi connectivity index (χ4v) is 3.47. The molecule has 1 heteroatoms. The summed E-state index contributed by atoms with van der Waals surface area (Å²) in [5.41, 5.74) is 3.84. The van der Waals surface area contributed by atoms with Crippen LogP contribution in [0.2, 0.25) is 0 Å². The Balaban J connectivity index is 1.55. The Bertz CT molecular complexity index is 982. The van der Waals surface area contributed by atoms with Crippen molar-refractivity contribution < 1.29 is 0 Å². The van der Waals surface area contributed by atoms with Gasteiger partial charge >= 0.3 is 0 Å². The molecule has 0 saturated heterocycles. The average molecular weight is 311 g/mol. The number of pyridine rings is 1. The molecule has 0 aliphatic heterocycles. The summed E-state index contributed by atoms with van der Waals surface area (Å²) < 4.78 is 0. The molecule has 4 aromatic rings. The number of aromatic nitrogens is 1. The third-order valence-corrected chi connectivity index (χ3v) is 4.87. The number of fused-ring (bicyclic) bond motifs is 2. The van der Waals surface area contributed by atoms with E-state index in [-0.39, 0.29) is 0 Å². The summed E-state index contributed by atoms with van der Waals surface area (Å²) in [5, 5.41) is 3.94. The van der Waals surface area contributed by atoms with E-state index in [2.05, 4.69) is 78.6 Å². The van der Waals surface area contributed by atoms with Gasteiger partial charge in [-0.3, -0.25) is 4.98 Å². The molecular formula is C23H21N. The van der Waals surface area contributed by atoms with Gasteiger partial charge in [0.2, 0.25) is 0 Å². The number of rotatable bonds is 4. The van der Waals surface area contributed by atoms with E-state index < -0.39 is 0 Å². The van der Waals surface area contributed by atoms with E-state index in [0.29, 0.717) is 5.92 Å². The predicted octanol–water partition coefficient (Wildman–Crippen LogP) is 6.12. The molecule has 24 heavy (non-hydrogen) atoms. The standard InChI is InChI=1S/C23H21N/c1-17(21-11-6-9-19-7-2-4-10-22(19)21)13-14-18-15-20-8-3-5-12-23(20)24-16-18/h2-12,15-17H,13-14H2,1H3/t17-/m0/s1. The van der Waals surface area contributed by atoms with Gasteiger partial charge in [0, 0.05) is 11.6 Å². The van der Waals surface area contributed by atoms with Crippen LogP contribution in [0.25, 0.3) is 21.7 Å². The van der Waals surface area contributed by atoms with Gasteiger partial charge in [0.05, 0.1) is 5.52 Å². The number of hydrogen-bond acceptors (Lipinski definition) is 1. The van der Waals surface area contributed by atoms with Crippen LogP contribution in [0.5, 0.6) is 0 Å². The molecule has 0 N–H and O–H groups in total. The average Bonchev–Trinajstić information content (AvgIpc) is 2.65. The number of hydrogen-bond donors (Lipinski definition) is 0. The zero-order chi connectivity index (χ0) is 16.4. The summed E-state index contributed by atoms with van der Waals surface area (Å²) in [4.78, 5) is 4.58. The lowest BCUT2D eigenvalue weighted by Crippen LogP contribution is -1.98. The third-order valence-electron chi connectivity index (χ3n) is 4.87. The van der Waals surface area contributed by atoms with Gasteiger partial charge in [-0.15, -0.1) is 0 Å². The first-order chi connectivity index (χ1) is 11.8. The summed E-state index contributed by atoms with van der Waals surface area (Å²) in [6.45, 7) is 2.33. The molecule has 1 aromatic heterocycles. The van der Waals surface area contributed by atoms with Gasteiger partial charge in [0.25, 0.3) is 0 Å². The number of para-hydroxylation sites is 1. The second kappa shape index (κ2) is 6.45. The van der Waals surface area contributed by atoms with Crippen LogP contribution >= 0.6 is 0 Å². The van der Waals surface area contributed by atoms with E-state index in [1.165, 1.54) is 27.3 Å². The normalized spacial score (nSPS) is 12.5. The number of aryl methyl sites for hydroxylation is 1. The lowest BCUT2D eigenvalue weighted by molar-refractivity contribution is 0.683. The Morgan fingerprint density at radius 2 is 1.58 bits per heavy atom. The Morgan fingerprint density at radius 1 is 0.833 bits per heavy atom. The molecule has 0 radical (unpaired) electrons. The van der Waals surface area contributed by atoms with Crippen LogP contribution in [0.15, 0.2) is 79.0 Å². The van der Waals surface area contributed by atoms with Gasteiger partial charge in [-0.25, -0.2) is 0 Å². The van der Waals surface area contributed by atoms with Crippen molar-refractivity contribution in [2.75, 3.05) is 0 Å². The highest BCUT2D eigenvalue weighted by Crippen LogP contribution is 2.28. The van der Waals surface area contributed by atoms with Crippen LogP contribution < -0.4 is 0 Å². The van der Waals surface area contributed by atoms with Crippen molar-refractivity contribution in [2.45, 2.75) is 25.7 Å². The van der Waals surface area contributed by atoms with E-state index in [1.807, 2.05) is 12.3 Å². The van der Waals surface area contributed by atoms with Gasteiger partial charge in [-0.1, -0.05) is 67.6 Å². The molecule has 0 saturated carbocycles. The molecule has 1 heterocycles. The topological polar surface area (TPSA) is 12.9 Å². The van der Waals surface area contributed by atoms with E-state index in [1.54, 1.807) is 0 Å². The molecule has 0 aliphatic carbocycles. The minimum Gasteiger partial charge on any atom is -0.256 e. The molecule has 0 spiro atoms. The first-order valence-electron chi connectivity index (χ1n) is 8.62. The van der Waals surface area contributed by atoms with E-state index in [9.17, 15) is 0 Å². The molecule has 4 rings (SSSR count). The zero-order valence-electron chi connectivity index (χ0n) is 13.9. The Labute approximate surface area is 143 Å². The summed E-state index contributed by atoms with van der Waals surface area (Å²) >= 11 is 0. The van der Waals surface area contributed by atoms with Crippen LogP contribution in [-0.2, 0) is 6.42 Å². The van der Waals surface area contributed by atoms with Gasteiger partial charge < -0.3 is 0 Å². The van der Waals surface area contributed by atoms with Gasteiger partial charge in [0.15, 0.2) is 0 Å². The van der Waals surface area contributed by atoms with Crippen molar-refractivity contribution in [3.63, 3.8) is 0 Å². The molecule has 0 fully saturated rings. The first-order valence-corrected chi connectivity index (χ1v) is 8.62. The van der Waals surface area contributed by atoms with Gasteiger partial charge in [-0.05, 0) is 52.8 Å². The Kier molecular flexibility index (Phi) is 4.00. The lowest BCUT2D eigenvalue weighted by Gasteiger charge is -2.15. The maximum Gasteiger partial charge on any atom is 0.0702 e. The smallest absolute Gasteiger partial charge is 0.0702 e. The lowest BCUT2D eigenvalue weighted by atomic mass is 9.90. The van der Waals surface area contributed by atoms with Crippen LogP contribution in [-0.4, -0.2) is 4.98 Å². The summed E-state index contributed by atoms with van der Waals surface area (Å²) in [5.74, 6) is 0.530. The second-order valence-corrected chi connectivity index (χ2v) is 6.54. The Hall–Kier alpha value is -2.67. The maximum absolute atomic E-state index is 4.58. The third kappa shape index (κ3) is 2.90. The molecule has 0 aliphatic rings. The quantitative estimate of drug-likeness (QED) is 0.442. The molecule has 0 unspecified atom stereocenters. The van der Waals surface area contributed by atoms with Crippen molar-refractivity contribution in [1.29, 1.82) is 0 Å². The molecule has 0 bridgehead atoms. The van der Waals surface area contributed by atoms with Crippen LogP contribution in [0, 0.1) is 0 Å². The fraction of sp³-hybridized carbons (Fsp3) is 0.174. The summed E-state index contributed by atoms with van der Waals surface area (Å²) in [7, 11) is 0. The van der Waals surface area contributed by atoms with Crippen LogP contribution in [0.3, 0.4) is 0 Å². The summed E-state index contributed by atoms with van der Waals surface area (Å²) in [6, 6.07) is 25.9. The minimum atomic E-state index is 0.530. The molecule has 1 atom stereocenters. The minimum absolute atomic E-state index is 0.530. The zero-order valence-corrected chi connectivity index (χ0v) is 13.9. The monoisotopic (exact) mass is 311 g/mol. The second-order valence-electron chi connectivity index (χ2n) is 6.54. The predicted molar refractivity (Wildman–Crippen MR) is 102 cm³/mol. The highest BCUT2D eigenvalue weighted by atomic mass is 14.6. The molecular weight excluding hydrogens is 290 g/mol. The molecule has 3 aromatic carbocycles. The molecule has 1 nitrogen and oxygen atoms in total. The van der Waals surface area contributed by atoms with Crippen molar-refractivity contribution >= 4 is 21.7 Å². The van der Waals surface area contributed by atoms with Gasteiger partial charge in [-0.2, -0.15) is 0 Å². The van der Waals surface area contributed by atoms with Crippen molar-refractivity contribution in [1.82, 2.24) is 4.98 Å². The Morgan fingerprint density at radius 3 is 2.50 bits per heavy atom. The largest absolute Gasteiger partial charge is 0.256 e. The molecule has 118 valence electrons. The van der Waals surface area contributed by atoms with Crippen molar-refractivity contribution in [3.05, 3.63) is 90.1 Å². The van der Waals surface area contributed by atoms with Crippen molar-refractivity contribution in [2.24, 2.45) is 0 Å². The van der Waals surface area contributed by atoms with Crippen LogP contribution in [0.1, 0.15) is 30.4 Å². The van der Waals surface area contributed by atoms with E-state index in [0.717, 1.165) is 18.4 Å². The number of benzene rings is 3. The number of nitrogens with zero attached hydrogens (tertiary/aromatic N) is 1. The van der Waals surface area contributed by atoms with E-state index >= 15 is 0 Å². The summed E-state index contributed by atoms with van der Waals surface area (Å²) in [6.07, 6.45) is 4.22. The van der Waals surface area contributed by atoms with Crippen molar-refractivity contribution in [3.8, 4) is 0 Å². The van der Waals surface area contributed by atoms with E-state index in [4.69, 9.17) is 0 Å². The first kappa shape index (κ1) is 14.9. The van der Waals surface area contributed by atoms with Gasteiger partial charge in [0.1, 0.15) is 0 Å². The van der Waals surface area contributed by atoms with Crippen LogP contribution in [0.4, 0.5) is 0 Å². The molecule has 0 amide bonds.